The van der Waals surface area contributed by atoms with Crippen molar-refractivity contribution in [2.75, 3.05) is 5.32 Å². The van der Waals surface area contributed by atoms with Gasteiger partial charge in [0.25, 0.3) is 0 Å². The number of benzene rings is 1. The van der Waals surface area contributed by atoms with Gasteiger partial charge >= 0.3 is 0 Å². The second kappa shape index (κ2) is 4.77. The van der Waals surface area contributed by atoms with E-state index in [0.29, 0.717) is 6.04 Å². The lowest BCUT2D eigenvalue weighted by molar-refractivity contribution is 0.608. The van der Waals surface area contributed by atoms with Crippen LogP contribution in [-0.2, 0) is 6.42 Å². The minimum absolute atomic E-state index is 0.501. The van der Waals surface area contributed by atoms with Gasteiger partial charge in [-0.15, -0.1) is 11.3 Å². The van der Waals surface area contributed by atoms with Gasteiger partial charge in [-0.1, -0.05) is 17.7 Å². The highest BCUT2D eigenvalue weighted by atomic mass is 32.1. The Kier molecular flexibility index (Phi) is 3.13. The lowest BCUT2D eigenvalue weighted by Crippen LogP contribution is -2.16. The van der Waals surface area contributed by atoms with Crippen molar-refractivity contribution in [3.05, 3.63) is 51.2 Å². The molecule has 1 heterocycles. The second-order valence-electron chi connectivity index (χ2n) is 5.21. The first kappa shape index (κ1) is 11.8. The maximum atomic E-state index is 3.73. The molecule has 18 heavy (non-hydrogen) atoms. The Morgan fingerprint density at radius 2 is 2.11 bits per heavy atom. The van der Waals surface area contributed by atoms with E-state index in [1.807, 2.05) is 11.3 Å². The summed E-state index contributed by atoms with van der Waals surface area (Å²) < 4.78 is 0. The third-order valence-corrected chi connectivity index (χ3v) is 4.76. The quantitative estimate of drug-likeness (QED) is 0.810. The van der Waals surface area contributed by atoms with E-state index in [4.69, 9.17) is 0 Å². The summed E-state index contributed by atoms with van der Waals surface area (Å²) in [6.45, 7) is 4.33. The van der Waals surface area contributed by atoms with Crippen LogP contribution in [0.15, 0.2) is 29.6 Å². The van der Waals surface area contributed by atoms with Crippen LogP contribution in [0.4, 0.5) is 5.69 Å². The van der Waals surface area contributed by atoms with Gasteiger partial charge in [-0.3, -0.25) is 0 Å². The predicted octanol–water partition coefficient (Wildman–Crippen LogP) is 4.85. The van der Waals surface area contributed by atoms with Crippen molar-refractivity contribution in [1.29, 1.82) is 0 Å². The van der Waals surface area contributed by atoms with Gasteiger partial charge in [-0.25, -0.2) is 0 Å². The highest BCUT2D eigenvalue weighted by Crippen LogP contribution is 2.36. The fourth-order valence-corrected chi connectivity index (χ4v) is 3.79. The number of hydrogen-bond donors (Lipinski definition) is 1. The van der Waals surface area contributed by atoms with E-state index in [1.165, 1.54) is 41.6 Å². The third-order valence-electron chi connectivity index (χ3n) is 3.76. The Morgan fingerprint density at radius 1 is 1.22 bits per heavy atom. The van der Waals surface area contributed by atoms with Crippen LogP contribution < -0.4 is 5.32 Å². The first-order valence-corrected chi connectivity index (χ1v) is 7.52. The predicted molar refractivity (Wildman–Crippen MR) is 79.5 cm³/mol. The molecule has 1 unspecified atom stereocenters. The van der Waals surface area contributed by atoms with Crippen LogP contribution in [0, 0.1) is 13.8 Å². The van der Waals surface area contributed by atoms with Crippen LogP contribution in [0.5, 0.6) is 0 Å². The van der Waals surface area contributed by atoms with Gasteiger partial charge < -0.3 is 5.32 Å². The summed E-state index contributed by atoms with van der Waals surface area (Å²) in [5.41, 5.74) is 5.48. The lowest BCUT2D eigenvalue weighted by atomic mass is 9.93. The standard InChI is InChI=1S/C16H19NS/c1-11-6-7-14(12(2)10-11)17-15-4-3-5-16-13(15)8-9-18-16/h6-10,15,17H,3-5H2,1-2H3. The Bertz CT molecular complexity index is 556. The maximum absolute atomic E-state index is 3.73. The van der Waals surface area contributed by atoms with Gasteiger partial charge in [0, 0.05) is 10.6 Å². The molecule has 0 saturated heterocycles. The monoisotopic (exact) mass is 257 g/mol. The molecule has 1 atom stereocenters. The molecule has 0 amide bonds. The summed E-state index contributed by atoms with van der Waals surface area (Å²) in [7, 11) is 0. The Hall–Kier alpha value is -1.28. The first-order valence-electron chi connectivity index (χ1n) is 6.64. The number of fused-ring (bicyclic) bond motifs is 1. The summed E-state index contributed by atoms with van der Waals surface area (Å²) in [4.78, 5) is 1.57. The average Bonchev–Trinajstić information content (AvgIpc) is 2.82. The van der Waals surface area contributed by atoms with Crippen LogP contribution in [-0.4, -0.2) is 0 Å². The number of anilines is 1. The van der Waals surface area contributed by atoms with Crippen molar-refractivity contribution in [2.45, 2.75) is 39.2 Å². The molecule has 1 aromatic heterocycles. The van der Waals surface area contributed by atoms with E-state index in [2.05, 4.69) is 48.8 Å². The SMILES string of the molecule is Cc1ccc(NC2CCCc3sccc32)c(C)c1. The second-order valence-corrected chi connectivity index (χ2v) is 6.21. The molecule has 1 nitrogen and oxygen atoms in total. The highest BCUT2D eigenvalue weighted by molar-refractivity contribution is 7.10. The Labute approximate surface area is 113 Å². The largest absolute Gasteiger partial charge is 0.378 e. The summed E-state index contributed by atoms with van der Waals surface area (Å²) in [5, 5.41) is 5.95. The zero-order valence-corrected chi connectivity index (χ0v) is 11.8. The Morgan fingerprint density at radius 3 is 2.94 bits per heavy atom. The molecule has 0 spiro atoms. The average molecular weight is 257 g/mol. The van der Waals surface area contributed by atoms with Crippen LogP contribution in [0.1, 0.15) is 40.5 Å². The molecule has 1 N–H and O–H groups in total. The lowest BCUT2D eigenvalue weighted by Gasteiger charge is -2.25. The van der Waals surface area contributed by atoms with Crippen molar-refractivity contribution in [3.8, 4) is 0 Å². The molecular weight excluding hydrogens is 238 g/mol. The molecule has 1 aliphatic carbocycles. The fraction of sp³-hybridized carbons (Fsp3) is 0.375. The fourth-order valence-electron chi connectivity index (χ4n) is 2.80. The van der Waals surface area contributed by atoms with Crippen molar-refractivity contribution in [1.82, 2.24) is 0 Å². The van der Waals surface area contributed by atoms with E-state index in [0.717, 1.165) is 0 Å². The van der Waals surface area contributed by atoms with Gasteiger partial charge in [-0.2, -0.15) is 0 Å². The number of nitrogens with one attached hydrogen (secondary N) is 1. The van der Waals surface area contributed by atoms with Crippen molar-refractivity contribution >= 4 is 17.0 Å². The maximum Gasteiger partial charge on any atom is 0.0525 e. The minimum atomic E-state index is 0.501. The van der Waals surface area contributed by atoms with Gasteiger partial charge in [0.1, 0.15) is 0 Å². The highest BCUT2D eigenvalue weighted by Gasteiger charge is 2.21. The number of aryl methyl sites for hydroxylation is 3. The van der Waals surface area contributed by atoms with Crippen LogP contribution in [0.2, 0.25) is 0 Å². The normalized spacial score (nSPS) is 18.4. The molecule has 1 aromatic carbocycles. The Balaban J connectivity index is 1.86. The molecule has 94 valence electrons. The van der Waals surface area contributed by atoms with Gasteiger partial charge in [-0.05, 0) is 61.7 Å². The van der Waals surface area contributed by atoms with E-state index in [-0.39, 0.29) is 0 Å². The van der Waals surface area contributed by atoms with Gasteiger partial charge in [0.05, 0.1) is 6.04 Å². The van der Waals surface area contributed by atoms with E-state index in [9.17, 15) is 0 Å². The molecule has 2 aromatic rings. The number of hydrogen-bond acceptors (Lipinski definition) is 2. The summed E-state index contributed by atoms with van der Waals surface area (Å²) in [5.74, 6) is 0. The van der Waals surface area contributed by atoms with Crippen LogP contribution in [0.3, 0.4) is 0 Å². The zero-order valence-electron chi connectivity index (χ0n) is 11.0. The van der Waals surface area contributed by atoms with Crippen molar-refractivity contribution in [2.24, 2.45) is 0 Å². The summed E-state index contributed by atoms with van der Waals surface area (Å²) >= 11 is 1.91. The van der Waals surface area contributed by atoms with Crippen molar-refractivity contribution < 1.29 is 0 Å². The molecular formula is C16H19NS. The molecule has 0 radical (unpaired) electrons. The third kappa shape index (κ3) is 2.17. The zero-order chi connectivity index (χ0) is 12.5. The first-order chi connectivity index (χ1) is 8.74. The molecule has 3 rings (SSSR count). The molecule has 0 aliphatic heterocycles. The molecule has 0 bridgehead atoms. The smallest absolute Gasteiger partial charge is 0.0525 e. The topological polar surface area (TPSA) is 12.0 Å². The van der Waals surface area contributed by atoms with Crippen LogP contribution in [0.25, 0.3) is 0 Å². The van der Waals surface area contributed by atoms with Gasteiger partial charge in [0.15, 0.2) is 0 Å². The van der Waals surface area contributed by atoms with E-state index in [1.54, 1.807) is 4.88 Å². The molecule has 1 aliphatic rings. The summed E-state index contributed by atoms with van der Waals surface area (Å²) in [6, 6.07) is 9.44. The van der Waals surface area contributed by atoms with Gasteiger partial charge in [0.2, 0.25) is 0 Å². The van der Waals surface area contributed by atoms with E-state index < -0.39 is 0 Å². The minimum Gasteiger partial charge on any atom is -0.378 e. The molecule has 0 saturated carbocycles. The van der Waals surface area contributed by atoms with Crippen LogP contribution >= 0.6 is 11.3 Å². The number of thiophene rings is 1. The molecule has 0 fully saturated rings. The van der Waals surface area contributed by atoms with Crippen molar-refractivity contribution in [3.63, 3.8) is 0 Å². The summed E-state index contributed by atoms with van der Waals surface area (Å²) in [6.07, 6.45) is 3.81. The van der Waals surface area contributed by atoms with E-state index >= 15 is 0 Å². The number of rotatable bonds is 2. The molecule has 2 heteroatoms.